The Kier molecular flexibility index (Phi) is 4.15. The molecule has 0 spiro atoms. The molecule has 0 atom stereocenters. The van der Waals surface area contributed by atoms with Gasteiger partial charge in [0.15, 0.2) is 0 Å². The average Bonchev–Trinajstić information content (AvgIpc) is 2.50. The zero-order valence-corrected chi connectivity index (χ0v) is 11.8. The number of rotatable bonds is 5. The van der Waals surface area contributed by atoms with E-state index < -0.39 is 0 Å². The highest BCUT2D eigenvalue weighted by Gasteiger charge is 2.20. The lowest BCUT2D eigenvalue weighted by Crippen LogP contribution is -2.39. The molecule has 1 heterocycles. The van der Waals surface area contributed by atoms with Crippen LogP contribution in [0, 0.1) is 0 Å². The normalized spacial score (nSPS) is 14.3. The van der Waals surface area contributed by atoms with Gasteiger partial charge < -0.3 is 10.1 Å². The van der Waals surface area contributed by atoms with Crippen molar-refractivity contribution in [3.63, 3.8) is 0 Å². The molecule has 0 aliphatic heterocycles. The molecule has 0 unspecified atom stereocenters. The second kappa shape index (κ2) is 6.39. The number of pyridine rings is 1. The van der Waals surface area contributed by atoms with Gasteiger partial charge in [0, 0.05) is 12.2 Å². The molecular weight excluding hydrogens is 264 g/mol. The number of nitrogens with one attached hydrogen (secondary N) is 1. The zero-order valence-electron chi connectivity index (χ0n) is 11.8. The van der Waals surface area contributed by atoms with Gasteiger partial charge in [0.05, 0.1) is 11.3 Å². The number of nitrogens with zero attached hydrogens (tertiary/aromatic N) is 1. The molecule has 108 valence electrons. The van der Waals surface area contributed by atoms with Crippen LogP contribution in [-0.4, -0.2) is 16.9 Å². The van der Waals surface area contributed by atoms with Crippen LogP contribution in [0.25, 0.3) is 0 Å². The first kappa shape index (κ1) is 13.6. The lowest BCUT2D eigenvalue weighted by atomic mass is 9.93. The van der Waals surface area contributed by atoms with Gasteiger partial charge >= 0.3 is 0 Å². The third kappa shape index (κ3) is 3.60. The standard InChI is InChI=1S/C17H18N2O2/c20-17(19-14-5-4-6-14)13-9-10-15(18-11-13)12-21-16-7-2-1-3-8-16/h1-3,7-11,14H,4-6,12H2,(H,19,20). The Morgan fingerprint density at radius 2 is 2.00 bits per heavy atom. The summed E-state index contributed by atoms with van der Waals surface area (Å²) in [7, 11) is 0. The van der Waals surface area contributed by atoms with Crippen LogP contribution in [0.5, 0.6) is 5.75 Å². The molecule has 1 aromatic heterocycles. The van der Waals surface area contributed by atoms with Crippen molar-refractivity contribution in [2.75, 3.05) is 0 Å². The summed E-state index contributed by atoms with van der Waals surface area (Å²) in [5.41, 5.74) is 1.41. The van der Waals surface area contributed by atoms with Gasteiger partial charge in [-0.05, 0) is 43.5 Å². The fourth-order valence-electron chi connectivity index (χ4n) is 2.14. The molecule has 1 fully saturated rings. The molecule has 1 amide bonds. The topological polar surface area (TPSA) is 51.2 Å². The van der Waals surface area contributed by atoms with E-state index >= 15 is 0 Å². The molecule has 1 aliphatic carbocycles. The van der Waals surface area contributed by atoms with Crippen molar-refractivity contribution in [1.29, 1.82) is 0 Å². The van der Waals surface area contributed by atoms with Crippen molar-refractivity contribution >= 4 is 5.91 Å². The Morgan fingerprint density at radius 3 is 2.62 bits per heavy atom. The van der Waals surface area contributed by atoms with Gasteiger partial charge in [-0.3, -0.25) is 9.78 Å². The average molecular weight is 282 g/mol. The number of benzene rings is 1. The van der Waals surface area contributed by atoms with Gasteiger partial charge in [-0.1, -0.05) is 18.2 Å². The molecule has 1 saturated carbocycles. The summed E-state index contributed by atoms with van der Waals surface area (Å²) in [6, 6.07) is 13.6. The number of carbonyl (C=O) groups is 1. The predicted octanol–water partition coefficient (Wildman–Crippen LogP) is 2.94. The van der Waals surface area contributed by atoms with Crippen molar-refractivity contribution < 1.29 is 9.53 Å². The summed E-state index contributed by atoms with van der Waals surface area (Å²) in [5, 5.41) is 3.00. The highest BCUT2D eigenvalue weighted by atomic mass is 16.5. The zero-order chi connectivity index (χ0) is 14.5. The molecule has 3 rings (SSSR count). The predicted molar refractivity (Wildman–Crippen MR) is 80.1 cm³/mol. The van der Waals surface area contributed by atoms with Crippen LogP contribution in [-0.2, 0) is 6.61 Å². The van der Waals surface area contributed by atoms with Gasteiger partial charge in [0.2, 0.25) is 0 Å². The number of ether oxygens (including phenoxy) is 1. The second-order valence-corrected chi connectivity index (χ2v) is 5.24. The summed E-state index contributed by atoms with van der Waals surface area (Å²) in [6.45, 7) is 0.397. The summed E-state index contributed by atoms with van der Waals surface area (Å²) >= 11 is 0. The summed E-state index contributed by atoms with van der Waals surface area (Å²) < 4.78 is 5.62. The maximum Gasteiger partial charge on any atom is 0.253 e. The Hall–Kier alpha value is -2.36. The molecule has 1 N–H and O–H groups in total. The van der Waals surface area contributed by atoms with Crippen LogP contribution in [0.15, 0.2) is 48.7 Å². The van der Waals surface area contributed by atoms with E-state index in [0.29, 0.717) is 18.2 Å². The largest absolute Gasteiger partial charge is 0.487 e. The molecule has 2 aromatic rings. The first-order chi connectivity index (χ1) is 10.3. The minimum absolute atomic E-state index is 0.0391. The molecule has 0 bridgehead atoms. The number of hydrogen-bond acceptors (Lipinski definition) is 3. The van der Waals surface area contributed by atoms with E-state index in [4.69, 9.17) is 4.74 Å². The number of aromatic nitrogens is 1. The highest BCUT2D eigenvalue weighted by molar-refractivity contribution is 5.94. The minimum atomic E-state index is -0.0391. The van der Waals surface area contributed by atoms with E-state index in [2.05, 4.69) is 10.3 Å². The lowest BCUT2D eigenvalue weighted by molar-refractivity contribution is 0.0916. The van der Waals surface area contributed by atoms with Crippen molar-refractivity contribution in [3.05, 3.63) is 59.9 Å². The summed E-state index contributed by atoms with van der Waals surface area (Å²) in [4.78, 5) is 16.2. The van der Waals surface area contributed by atoms with E-state index in [0.717, 1.165) is 24.3 Å². The number of carbonyl (C=O) groups excluding carboxylic acids is 1. The Balaban J connectivity index is 1.54. The minimum Gasteiger partial charge on any atom is -0.487 e. The molecule has 1 aliphatic rings. The van der Waals surface area contributed by atoms with E-state index in [-0.39, 0.29) is 5.91 Å². The van der Waals surface area contributed by atoms with Gasteiger partial charge in [-0.2, -0.15) is 0 Å². The molecule has 4 heteroatoms. The van der Waals surface area contributed by atoms with Crippen LogP contribution in [0.1, 0.15) is 35.3 Å². The van der Waals surface area contributed by atoms with Crippen LogP contribution in [0.4, 0.5) is 0 Å². The second-order valence-electron chi connectivity index (χ2n) is 5.24. The summed E-state index contributed by atoms with van der Waals surface area (Å²) in [5.74, 6) is 0.772. The monoisotopic (exact) mass is 282 g/mol. The Labute approximate surface area is 124 Å². The van der Waals surface area contributed by atoms with Crippen molar-refractivity contribution in [2.45, 2.75) is 31.9 Å². The molecule has 0 radical (unpaired) electrons. The van der Waals surface area contributed by atoms with Gasteiger partial charge in [-0.15, -0.1) is 0 Å². The molecule has 1 aromatic carbocycles. The van der Waals surface area contributed by atoms with Crippen LogP contribution in [0.2, 0.25) is 0 Å². The summed E-state index contributed by atoms with van der Waals surface area (Å²) in [6.07, 6.45) is 4.99. The van der Waals surface area contributed by atoms with Gasteiger partial charge in [0.25, 0.3) is 5.91 Å². The van der Waals surface area contributed by atoms with E-state index in [1.807, 2.05) is 36.4 Å². The maximum absolute atomic E-state index is 12.0. The molecule has 0 saturated heterocycles. The SMILES string of the molecule is O=C(NC1CCC1)c1ccc(COc2ccccc2)nc1. The third-order valence-electron chi connectivity index (χ3n) is 3.66. The third-order valence-corrected chi connectivity index (χ3v) is 3.66. The smallest absolute Gasteiger partial charge is 0.253 e. The van der Waals surface area contributed by atoms with Crippen LogP contribution < -0.4 is 10.1 Å². The quantitative estimate of drug-likeness (QED) is 0.917. The Bertz CT molecular complexity index is 592. The molecule has 21 heavy (non-hydrogen) atoms. The van der Waals surface area contributed by atoms with E-state index in [1.54, 1.807) is 12.3 Å². The van der Waals surface area contributed by atoms with Crippen molar-refractivity contribution in [2.24, 2.45) is 0 Å². The lowest BCUT2D eigenvalue weighted by Gasteiger charge is -2.26. The first-order valence-corrected chi connectivity index (χ1v) is 7.25. The molecule has 4 nitrogen and oxygen atoms in total. The van der Waals surface area contributed by atoms with Crippen molar-refractivity contribution in [3.8, 4) is 5.75 Å². The number of para-hydroxylation sites is 1. The number of amides is 1. The fourth-order valence-corrected chi connectivity index (χ4v) is 2.14. The fraction of sp³-hybridized carbons (Fsp3) is 0.294. The van der Waals surface area contributed by atoms with Gasteiger partial charge in [0.1, 0.15) is 12.4 Å². The van der Waals surface area contributed by atoms with Crippen LogP contribution in [0.3, 0.4) is 0 Å². The Morgan fingerprint density at radius 1 is 1.19 bits per heavy atom. The maximum atomic E-state index is 12.0. The van der Waals surface area contributed by atoms with Crippen LogP contribution >= 0.6 is 0 Å². The van der Waals surface area contributed by atoms with Gasteiger partial charge in [-0.25, -0.2) is 0 Å². The van der Waals surface area contributed by atoms with Crippen molar-refractivity contribution in [1.82, 2.24) is 10.3 Å². The van der Waals surface area contributed by atoms with E-state index in [9.17, 15) is 4.79 Å². The molecular formula is C17H18N2O2. The number of hydrogen-bond donors (Lipinski definition) is 1. The highest BCUT2D eigenvalue weighted by Crippen LogP contribution is 2.18. The first-order valence-electron chi connectivity index (χ1n) is 7.25. The van der Waals surface area contributed by atoms with E-state index in [1.165, 1.54) is 6.42 Å².